The van der Waals surface area contributed by atoms with Gasteiger partial charge in [-0.15, -0.1) is 0 Å². The molecule has 0 aromatic heterocycles. The molecule has 1 N–H and O–H groups in total. The van der Waals surface area contributed by atoms with Gasteiger partial charge in [0.1, 0.15) is 0 Å². The molecule has 18 heavy (non-hydrogen) atoms. The van der Waals surface area contributed by atoms with E-state index in [4.69, 9.17) is 11.6 Å². The maximum absolute atomic E-state index is 11.9. The first kappa shape index (κ1) is 13.4. The quantitative estimate of drug-likeness (QED) is 0.815. The highest BCUT2D eigenvalue weighted by Gasteiger charge is 2.04. The lowest BCUT2D eigenvalue weighted by atomic mass is 10.2. The van der Waals surface area contributed by atoms with Crippen molar-refractivity contribution in [3.8, 4) is 0 Å². The summed E-state index contributed by atoms with van der Waals surface area (Å²) in [6.07, 6.45) is 0. The predicted molar refractivity (Wildman–Crippen MR) is 81.8 cm³/mol. The molecule has 0 saturated carbocycles. The largest absolute Gasteiger partial charge is 0.348 e. The van der Waals surface area contributed by atoms with Gasteiger partial charge in [-0.2, -0.15) is 0 Å². The van der Waals surface area contributed by atoms with Gasteiger partial charge in [-0.25, -0.2) is 0 Å². The van der Waals surface area contributed by atoms with E-state index in [2.05, 4.69) is 27.9 Å². The SMILES string of the molecule is O=C(NCc1cccc(Cl)c1)c1ccc(I)cc1. The van der Waals surface area contributed by atoms with Crippen LogP contribution in [0.5, 0.6) is 0 Å². The minimum absolute atomic E-state index is 0.0774. The zero-order valence-corrected chi connectivity index (χ0v) is 12.4. The number of halogens is 2. The van der Waals surface area contributed by atoms with Crippen LogP contribution in [0.2, 0.25) is 5.02 Å². The summed E-state index contributed by atoms with van der Waals surface area (Å²) in [5, 5.41) is 3.54. The molecule has 0 aliphatic rings. The van der Waals surface area contributed by atoms with Gasteiger partial charge in [-0.1, -0.05) is 23.7 Å². The third-order valence-corrected chi connectivity index (χ3v) is 3.40. The average molecular weight is 372 g/mol. The first-order chi connectivity index (χ1) is 8.65. The molecule has 0 atom stereocenters. The molecule has 0 heterocycles. The van der Waals surface area contributed by atoms with Crippen LogP contribution in [-0.2, 0) is 6.54 Å². The molecule has 0 aliphatic carbocycles. The third-order valence-electron chi connectivity index (χ3n) is 2.45. The molecule has 4 heteroatoms. The minimum Gasteiger partial charge on any atom is -0.348 e. The van der Waals surface area contributed by atoms with E-state index in [1.807, 2.05) is 48.5 Å². The molecule has 0 unspecified atom stereocenters. The molecule has 0 spiro atoms. The molecule has 2 aromatic rings. The van der Waals surface area contributed by atoms with E-state index in [-0.39, 0.29) is 5.91 Å². The Hall–Kier alpha value is -1.07. The monoisotopic (exact) mass is 371 g/mol. The van der Waals surface area contributed by atoms with Crippen molar-refractivity contribution in [1.82, 2.24) is 5.32 Å². The lowest BCUT2D eigenvalue weighted by Gasteiger charge is -2.05. The first-order valence-electron chi connectivity index (χ1n) is 5.43. The second-order valence-corrected chi connectivity index (χ2v) is 5.50. The number of benzene rings is 2. The molecule has 0 saturated heterocycles. The van der Waals surface area contributed by atoms with Crippen LogP contribution in [0.4, 0.5) is 0 Å². The van der Waals surface area contributed by atoms with Crippen molar-refractivity contribution in [2.75, 3.05) is 0 Å². The zero-order chi connectivity index (χ0) is 13.0. The van der Waals surface area contributed by atoms with Gasteiger partial charge < -0.3 is 5.32 Å². The van der Waals surface area contributed by atoms with Crippen molar-refractivity contribution in [2.45, 2.75) is 6.54 Å². The van der Waals surface area contributed by atoms with Gasteiger partial charge in [0, 0.05) is 20.7 Å². The van der Waals surface area contributed by atoms with E-state index in [1.54, 1.807) is 0 Å². The fourth-order valence-electron chi connectivity index (χ4n) is 1.53. The van der Waals surface area contributed by atoms with Crippen LogP contribution >= 0.6 is 34.2 Å². The van der Waals surface area contributed by atoms with E-state index in [0.717, 1.165) is 9.13 Å². The normalized spacial score (nSPS) is 10.1. The maximum Gasteiger partial charge on any atom is 0.251 e. The smallest absolute Gasteiger partial charge is 0.251 e. The van der Waals surface area contributed by atoms with Crippen LogP contribution in [0, 0.1) is 3.57 Å². The highest BCUT2D eigenvalue weighted by molar-refractivity contribution is 14.1. The van der Waals surface area contributed by atoms with Crippen LogP contribution in [0.25, 0.3) is 0 Å². The molecule has 0 aliphatic heterocycles. The summed E-state index contributed by atoms with van der Waals surface area (Å²) in [5.74, 6) is -0.0774. The molecule has 0 fully saturated rings. The van der Waals surface area contributed by atoms with Crippen molar-refractivity contribution in [3.05, 3.63) is 68.3 Å². The summed E-state index contributed by atoms with van der Waals surface area (Å²) in [6.45, 7) is 0.478. The van der Waals surface area contributed by atoms with Gasteiger partial charge in [0.2, 0.25) is 0 Å². The highest BCUT2D eigenvalue weighted by Crippen LogP contribution is 2.11. The number of nitrogens with one attached hydrogen (secondary N) is 1. The van der Waals surface area contributed by atoms with Crippen LogP contribution in [0.15, 0.2) is 48.5 Å². The Morgan fingerprint density at radius 3 is 2.56 bits per heavy atom. The summed E-state index contributed by atoms with van der Waals surface area (Å²) in [7, 11) is 0. The standard InChI is InChI=1S/C14H11ClINO/c15-12-3-1-2-10(8-12)9-17-14(18)11-4-6-13(16)7-5-11/h1-8H,9H2,(H,17,18). The van der Waals surface area contributed by atoms with Gasteiger partial charge in [0.15, 0.2) is 0 Å². The summed E-state index contributed by atoms with van der Waals surface area (Å²) < 4.78 is 1.11. The Labute approximate surface area is 124 Å². The Morgan fingerprint density at radius 1 is 1.17 bits per heavy atom. The minimum atomic E-state index is -0.0774. The lowest BCUT2D eigenvalue weighted by molar-refractivity contribution is 0.0951. The van der Waals surface area contributed by atoms with E-state index < -0.39 is 0 Å². The average Bonchev–Trinajstić information content (AvgIpc) is 2.37. The van der Waals surface area contributed by atoms with Crippen molar-refractivity contribution >= 4 is 40.1 Å². The third kappa shape index (κ3) is 3.71. The zero-order valence-electron chi connectivity index (χ0n) is 9.49. The van der Waals surface area contributed by atoms with E-state index in [9.17, 15) is 4.79 Å². The van der Waals surface area contributed by atoms with E-state index >= 15 is 0 Å². The number of hydrogen-bond acceptors (Lipinski definition) is 1. The highest BCUT2D eigenvalue weighted by atomic mass is 127. The fraction of sp³-hybridized carbons (Fsp3) is 0.0714. The number of rotatable bonds is 3. The van der Waals surface area contributed by atoms with Crippen molar-refractivity contribution in [2.24, 2.45) is 0 Å². The maximum atomic E-state index is 11.9. The first-order valence-corrected chi connectivity index (χ1v) is 6.89. The van der Waals surface area contributed by atoms with Crippen molar-refractivity contribution in [1.29, 1.82) is 0 Å². The topological polar surface area (TPSA) is 29.1 Å². The summed E-state index contributed by atoms with van der Waals surface area (Å²) in [6, 6.07) is 14.9. The number of hydrogen-bond donors (Lipinski definition) is 1. The van der Waals surface area contributed by atoms with Crippen molar-refractivity contribution < 1.29 is 4.79 Å². The van der Waals surface area contributed by atoms with Gasteiger partial charge in [-0.3, -0.25) is 4.79 Å². The fourth-order valence-corrected chi connectivity index (χ4v) is 2.11. The molecular formula is C14H11ClINO. The summed E-state index contributed by atoms with van der Waals surface area (Å²) in [5.41, 5.74) is 1.65. The van der Waals surface area contributed by atoms with Gasteiger partial charge in [0.05, 0.1) is 0 Å². The van der Waals surface area contributed by atoms with Crippen LogP contribution in [0.1, 0.15) is 15.9 Å². The number of carbonyl (C=O) groups excluding carboxylic acids is 1. The second-order valence-electron chi connectivity index (χ2n) is 3.82. The Bertz CT molecular complexity index is 554. The van der Waals surface area contributed by atoms with Gasteiger partial charge in [-0.05, 0) is 64.6 Å². The summed E-state index contributed by atoms with van der Waals surface area (Å²) in [4.78, 5) is 11.9. The van der Waals surface area contributed by atoms with Gasteiger partial charge >= 0.3 is 0 Å². The number of amides is 1. The van der Waals surface area contributed by atoms with E-state index in [0.29, 0.717) is 17.1 Å². The Morgan fingerprint density at radius 2 is 1.89 bits per heavy atom. The molecule has 2 aromatic carbocycles. The molecule has 2 rings (SSSR count). The molecule has 0 bridgehead atoms. The molecule has 1 amide bonds. The van der Waals surface area contributed by atoms with Crippen LogP contribution in [0.3, 0.4) is 0 Å². The molecule has 0 radical (unpaired) electrons. The lowest BCUT2D eigenvalue weighted by Crippen LogP contribution is -2.22. The molecule has 2 nitrogen and oxygen atoms in total. The van der Waals surface area contributed by atoms with Gasteiger partial charge in [0.25, 0.3) is 5.91 Å². The van der Waals surface area contributed by atoms with Crippen molar-refractivity contribution in [3.63, 3.8) is 0 Å². The molecular weight excluding hydrogens is 361 g/mol. The Kier molecular flexibility index (Phi) is 4.60. The van der Waals surface area contributed by atoms with Crippen LogP contribution < -0.4 is 5.32 Å². The number of carbonyl (C=O) groups is 1. The second kappa shape index (κ2) is 6.20. The van der Waals surface area contributed by atoms with Crippen LogP contribution in [-0.4, -0.2) is 5.91 Å². The van der Waals surface area contributed by atoms with E-state index in [1.165, 1.54) is 0 Å². The Balaban J connectivity index is 1.98. The summed E-state index contributed by atoms with van der Waals surface area (Å²) >= 11 is 8.09. The molecule has 92 valence electrons. The predicted octanol–water partition coefficient (Wildman–Crippen LogP) is 3.87.